The van der Waals surface area contributed by atoms with E-state index >= 15 is 0 Å². The Labute approximate surface area is 240 Å². The van der Waals surface area contributed by atoms with Crippen molar-refractivity contribution in [2.75, 3.05) is 12.4 Å². The summed E-state index contributed by atoms with van der Waals surface area (Å²) in [5.41, 5.74) is 1.06. The summed E-state index contributed by atoms with van der Waals surface area (Å²) in [5.74, 6) is -3.25. The molecule has 1 heterocycles. The SMILES string of the molecule is COc1cc(N[C@H](C(=O)n2ccc3cc(F)c(OC(F)(F)F)cc32)c2ccc(Cl)cc2)cc(O[C@@H]2C=C(C(=O)O)C2)c1. The Balaban J connectivity index is 1.51. The second kappa shape index (κ2) is 11.3. The fourth-order valence-corrected chi connectivity index (χ4v) is 4.56. The maximum atomic E-state index is 14.3. The maximum absolute atomic E-state index is 14.3. The quantitative estimate of drug-likeness (QED) is 0.199. The molecular weight excluding hydrogens is 584 g/mol. The smallest absolute Gasteiger partial charge is 0.497 e. The minimum atomic E-state index is -5.14. The van der Waals surface area contributed by atoms with Gasteiger partial charge in [0.25, 0.3) is 5.91 Å². The van der Waals surface area contributed by atoms with E-state index in [1.54, 1.807) is 42.5 Å². The first-order chi connectivity index (χ1) is 19.9. The largest absolute Gasteiger partial charge is 0.573 e. The minimum absolute atomic E-state index is 0.0120. The fraction of sp³-hybridized carbons (Fsp3) is 0.172. The van der Waals surface area contributed by atoms with Gasteiger partial charge in [0, 0.05) is 58.6 Å². The van der Waals surface area contributed by atoms with Gasteiger partial charge in [-0.3, -0.25) is 9.36 Å². The Hall–Kier alpha value is -4.71. The summed E-state index contributed by atoms with van der Waals surface area (Å²) in [7, 11) is 1.43. The van der Waals surface area contributed by atoms with Gasteiger partial charge in [0.1, 0.15) is 23.6 Å². The first-order valence-electron chi connectivity index (χ1n) is 12.3. The van der Waals surface area contributed by atoms with Crippen LogP contribution in [0.1, 0.15) is 22.8 Å². The molecular formula is C29H21ClF4N2O6. The van der Waals surface area contributed by atoms with E-state index in [0.717, 1.165) is 16.7 Å². The van der Waals surface area contributed by atoms with E-state index in [4.69, 9.17) is 26.2 Å². The third-order valence-corrected chi connectivity index (χ3v) is 6.71. The van der Waals surface area contributed by atoms with Crippen molar-refractivity contribution in [1.82, 2.24) is 4.57 Å². The number of hydrogen-bond acceptors (Lipinski definition) is 6. The van der Waals surface area contributed by atoms with Crippen LogP contribution in [-0.2, 0) is 4.79 Å². The third kappa shape index (κ3) is 6.28. The van der Waals surface area contributed by atoms with Gasteiger partial charge in [-0.2, -0.15) is 0 Å². The molecule has 0 amide bonds. The number of carbonyl (C=O) groups is 2. The highest BCUT2D eigenvalue weighted by atomic mass is 35.5. The summed E-state index contributed by atoms with van der Waals surface area (Å²) >= 11 is 6.05. The van der Waals surface area contributed by atoms with Crippen LogP contribution < -0.4 is 19.5 Å². The standard InChI is InChI=1S/C29H21ClF4N2O6/c1-40-20-11-19(12-22(13-20)41-21-8-17(9-21)28(38)39)35-26(15-2-4-18(30)5-3-15)27(37)36-7-6-16-10-23(31)25(14-24(16)36)42-29(32,33)34/h2-8,10-14,21,26,35H,9H2,1H3,(H,38,39)/t21-,26+/m1/s1. The number of nitrogens with zero attached hydrogens (tertiary/aromatic N) is 1. The number of benzene rings is 3. The first kappa shape index (κ1) is 28.8. The molecule has 1 aliphatic carbocycles. The van der Waals surface area contributed by atoms with Gasteiger partial charge in [-0.1, -0.05) is 23.7 Å². The van der Waals surface area contributed by atoms with Crippen LogP contribution in [0, 0.1) is 5.82 Å². The number of aliphatic carboxylic acids is 1. The molecule has 1 aromatic heterocycles. The maximum Gasteiger partial charge on any atom is 0.573 e. The van der Waals surface area contributed by atoms with Crippen molar-refractivity contribution in [3.63, 3.8) is 0 Å². The van der Waals surface area contributed by atoms with E-state index in [1.807, 2.05) is 0 Å². The summed E-state index contributed by atoms with van der Waals surface area (Å²) < 4.78 is 69.0. The van der Waals surface area contributed by atoms with Crippen molar-refractivity contribution in [3.05, 3.63) is 94.9 Å². The summed E-state index contributed by atoms with van der Waals surface area (Å²) in [6.07, 6.45) is -2.60. The van der Waals surface area contributed by atoms with Crippen LogP contribution in [-0.4, -0.2) is 41.1 Å². The number of carboxylic acid groups (broad SMARTS) is 1. The number of rotatable bonds is 9. The number of fused-ring (bicyclic) bond motifs is 1. The van der Waals surface area contributed by atoms with Gasteiger partial charge in [0.15, 0.2) is 11.6 Å². The van der Waals surface area contributed by atoms with Gasteiger partial charge in [0.05, 0.1) is 12.6 Å². The Bertz CT molecular complexity index is 1700. The number of ether oxygens (including phenoxy) is 3. The molecule has 42 heavy (non-hydrogen) atoms. The van der Waals surface area contributed by atoms with Crippen LogP contribution in [0.5, 0.6) is 17.2 Å². The van der Waals surface area contributed by atoms with Gasteiger partial charge >= 0.3 is 12.3 Å². The van der Waals surface area contributed by atoms with Crippen LogP contribution in [0.4, 0.5) is 23.2 Å². The third-order valence-electron chi connectivity index (χ3n) is 6.45. The van der Waals surface area contributed by atoms with E-state index < -0.39 is 42.0 Å². The molecule has 0 unspecified atom stereocenters. The minimum Gasteiger partial charge on any atom is -0.497 e. The van der Waals surface area contributed by atoms with Gasteiger partial charge in [-0.25, -0.2) is 9.18 Å². The Morgan fingerprint density at radius 3 is 2.40 bits per heavy atom. The molecule has 0 saturated carbocycles. The molecule has 8 nitrogen and oxygen atoms in total. The highest BCUT2D eigenvalue weighted by molar-refractivity contribution is 6.30. The number of nitrogens with one attached hydrogen (secondary N) is 1. The average Bonchev–Trinajstić information content (AvgIpc) is 3.30. The topological polar surface area (TPSA) is 99.0 Å². The van der Waals surface area contributed by atoms with Crippen molar-refractivity contribution in [2.45, 2.75) is 24.9 Å². The number of halogens is 5. The number of anilines is 1. The van der Waals surface area contributed by atoms with Gasteiger partial charge < -0.3 is 24.6 Å². The molecule has 2 atom stereocenters. The summed E-state index contributed by atoms with van der Waals surface area (Å²) in [4.78, 5) is 25.0. The molecule has 0 spiro atoms. The fourth-order valence-electron chi connectivity index (χ4n) is 4.44. The van der Waals surface area contributed by atoms with Gasteiger partial charge in [-0.05, 0) is 35.9 Å². The molecule has 3 aromatic carbocycles. The molecule has 4 aromatic rings. The number of methoxy groups -OCH3 is 1. The molecule has 0 radical (unpaired) electrons. The second-order valence-corrected chi connectivity index (χ2v) is 9.73. The summed E-state index contributed by atoms with van der Waals surface area (Å²) in [6, 6.07) is 13.1. The van der Waals surface area contributed by atoms with Crippen LogP contribution in [0.3, 0.4) is 0 Å². The Morgan fingerprint density at radius 1 is 1.07 bits per heavy atom. The number of carboxylic acids is 1. The van der Waals surface area contributed by atoms with Crippen LogP contribution in [0.15, 0.2) is 78.5 Å². The number of carbonyl (C=O) groups excluding carboxylic acids is 1. The lowest BCUT2D eigenvalue weighted by atomic mass is 9.96. The predicted molar refractivity (Wildman–Crippen MR) is 145 cm³/mol. The van der Waals surface area contributed by atoms with E-state index in [-0.39, 0.29) is 22.9 Å². The molecule has 2 N–H and O–H groups in total. The highest BCUT2D eigenvalue weighted by Gasteiger charge is 2.33. The van der Waals surface area contributed by atoms with E-state index in [0.29, 0.717) is 27.8 Å². The second-order valence-electron chi connectivity index (χ2n) is 9.30. The molecule has 0 aliphatic heterocycles. The lowest BCUT2D eigenvalue weighted by Gasteiger charge is -2.25. The normalized spacial score (nSPS) is 15.4. The van der Waals surface area contributed by atoms with Gasteiger partial charge in [0.2, 0.25) is 0 Å². The molecule has 1 aliphatic rings. The number of aromatic nitrogens is 1. The highest BCUT2D eigenvalue weighted by Crippen LogP contribution is 2.35. The predicted octanol–water partition coefficient (Wildman–Crippen LogP) is 7.00. The van der Waals surface area contributed by atoms with Crippen molar-refractivity contribution in [3.8, 4) is 17.2 Å². The van der Waals surface area contributed by atoms with Crippen molar-refractivity contribution in [2.24, 2.45) is 0 Å². The Morgan fingerprint density at radius 2 is 1.76 bits per heavy atom. The number of alkyl halides is 3. The zero-order valence-electron chi connectivity index (χ0n) is 21.6. The van der Waals surface area contributed by atoms with Crippen molar-refractivity contribution >= 4 is 40.1 Å². The summed E-state index contributed by atoms with van der Waals surface area (Å²) in [6.45, 7) is 0. The molecule has 218 valence electrons. The van der Waals surface area contributed by atoms with Gasteiger partial charge in [-0.15, -0.1) is 13.2 Å². The Kier molecular flexibility index (Phi) is 7.74. The molecule has 0 bridgehead atoms. The lowest BCUT2D eigenvalue weighted by Crippen LogP contribution is -2.27. The van der Waals surface area contributed by atoms with Crippen molar-refractivity contribution < 1.29 is 46.5 Å². The van der Waals surface area contributed by atoms with Crippen molar-refractivity contribution in [1.29, 1.82) is 0 Å². The number of hydrogen-bond donors (Lipinski definition) is 2. The zero-order chi connectivity index (χ0) is 30.2. The van der Waals surface area contributed by atoms with E-state index in [9.17, 15) is 27.2 Å². The first-order valence-corrected chi connectivity index (χ1v) is 12.7. The molecule has 0 fully saturated rings. The van der Waals surface area contributed by atoms with E-state index in [1.165, 1.54) is 25.4 Å². The lowest BCUT2D eigenvalue weighted by molar-refractivity contribution is -0.275. The molecule has 13 heteroatoms. The average molecular weight is 605 g/mol. The molecule has 5 rings (SSSR count). The zero-order valence-corrected chi connectivity index (χ0v) is 22.4. The van der Waals surface area contributed by atoms with Crippen LogP contribution in [0.25, 0.3) is 10.9 Å². The van der Waals surface area contributed by atoms with Crippen LogP contribution in [0.2, 0.25) is 5.02 Å². The monoisotopic (exact) mass is 604 g/mol. The molecule has 0 saturated heterocycles. The van der Waals surface area contributed by atoms with E-state index in [2.05, 4.69) is 10.1 Å². The summed E-state index contributed by atoms with van der Waals surface area (Å²) in [5, 5.41) is 12.8. The van der Waals surface area contributed by atoms with Crippen LogP contribution >= 0.6 is 11.6 Å².